The Morgan fingerprint density at radius 2 is 1.60 bits per heavy atom. The zero-order valence-corrected chi connectivity index (χ0v) is 25.4. The molecule has 0 aromatic heterocycles. The zero-order chi connectivity index (χ0) is 29.4. The Labute approximate surface area is 239 Å². The number of rotatable bonds is 2. The molecule has 3 heteroatoms. The second-order valence-corrected chi connectivity index (χ2v) is 13.4. The van der Waals surface area contributed by atoms with Gasteiger partial charge in [0.25, 0.3) is 0 Å². The Hall–Kier alpha value is -3.51. The van der Waals surface area contributed by atoms with Gasteiger partial charge in [-0.05, 0) is 100 Å². The Bertz CT molecular complexity index is 1620. The number of fused-ring (bicyclic) bond motifs is 3. The molecule has 0 fully saturated rings. The molecule has 0 heterocycles. The van der Waals surface area contributed by atoms with E-state index in [0.717, 1.165) is 57.4 Å². The minimum atomic E-state index is -0.908. The topological polar surface area (TPSA) is 51.2 Å². The molecule has 0 N–H and O–H groups in total. The molecule has 3 atom stereocenters. The van der Waals surface area contributed by atoms with Crippen LogP contribution in [0.3, 0.4) is 0 Å². The van der Waals surface area contributed by atoms with Gasteiger partial charge >= 0.3 is 0 Å². The van der Waals surface area contributed by atoms with Crippen LogP contribution in [0.25, 0.3) is 0 Å². The standard InChI is InChI=1S/C37H40O3/c1-21(2)28-17-27(16-15-26-13-11-10-12-14-26)23(4)31-29(28)19-35(7)20-36(8)18-22(3)30(25(6)38)34(40)37(36,9)24(5)32(35)33(31)39/h10-14,17,21H,18-20H2,1-9H3. The van der Waals surface area contributed by atoms with Crippen LogP contribution in [0.1, 0.15) is 112 Å². The van der Waals surface area contributed by atoms with E-state index in [9.17, 15) is 14.4 Å². The highest BCUT2D eigenvalue weighted by Gasteiger charge is 2.63. The Morgan fingerprint density at radius 1 is 0.950 bits per heavy atom. The lowest BCUT2D eigenvalue weighted by molar-refractivity contribution is -0.134. The van der Waals surface area contributed by atoms with Gasteiger partial charge in [0.2, 0.25) is 0 Å². The minimum absolute atomic E-state index is 0.0238. The molecule has 3 unspecified atom stereocenters. The third kappa shape index (κ3) is 3.83. The average Bonchev–Trinajstić information content (AvgIpc) is 2.85. The molecule has 2 aromatic carbocycles. The number of carbonyl (C=O) groups is 3. The van der Waals surface area contributed by atoms with Gasteiger partial charge in [-0.25, -0.2) is 0 Å². The van der Waals surface area contributed by atoms with E-state index in [1.807, 2.05) is 58.0 Å². The Kier molecular flexibility index (Phi) is 6.50. The molecule has 0 saturated carbocycles. The lowest BCUT2D eigenvalue weighted by Gasteiger charge is -2.59. The van der Waals surface area contributed by atoms with Gasteiger partial charge in [-0.3, -0.25) is 14.4 Å². The summed E-state index contributed by atoms with van der Waals surface area (Å²) in [4.78, 5) is 41.4. The summed E-state index contributed by atoms with van der Waals surface area (Å²) in [6.07, 6.45) is 2.15. The molecule has 3 nitrogen and oxygen atoms in total. The summed E-state index contributed by atoms with van der Waals surface area (Å²) in [5.74, 6) is 6.59. The normalized spacial score (nSPS) is 27.6. The van der Waals surface area contributed by atoms with E-state index in [-0.39, 0.29) is 28.7 Å². The van der Waals surface area contributed by atoms with Crippen LogP contribution in [-0.4, -0.2) is 17.3 Å². The molecule has 5 rings (SSSR count). The van der Waals surface area contributed by atoms with Crippen molar-refractivity contribution in [2.45, 2.75) is 87.5 Å². The zero-order valence-electron chi connectivity index (χ0n) is 25.4. The molecule has 40 heavy (non-hydrogen) atoms. The van der Waals surface area contributed by atoms with Crippen molar-refractivity contribution < 1.29 is 14.4 Å². The van der Waals surface area contributed by atoms with Crippen LogP contribution >= 0.6 is 0 Å². The first-order valence-electron chi connectivity index (χ1n) is 14.4. The average molecular weight is 533 g/mol. The molecular weight excluding hydrogens is 492 g/mol. The summed E-state index contributed by atoms with van der Waals surface area (Å²) in [6, 6.07) is 12.1. The van der Waals surface area contributed by atoms with Crippen LogP contribution in [0.5, 0.6) is 0 Å². The van der Waals surface area contributed by atoms with Gasteiger partial charge < -0.3 is 0 Å². The molecule has 0 saturated heterocycles. The largest absolute Gasteiger partial charge is 0.294 e. The number of ketones is 3. The molecule has 0 amide bonds. The van der Waals surface area contributed by atoms with Gasteiger partial charge in [-0.1, -0.05) is 68.9 Å². The van der Waals surface area contributed by atoms with Crippen LogP contribution in [0.15, 0.2) is 58.7 Å². The maximum atomic E-state index is 14.7. The minimum Gasteiger partial charge on any atom is -0.294 e. The monoisotopic (exact) mass is 532 g/mol. The first-order chi connectivity index (χ1) is 18.7. The van der Waals surface area contributed by atoms with E-state index in [2.05, 4.69) is 45.6 Å². The molecule has 3 aliphatic rings. The third-order valence-corrected chi connectivity index (χ3v) is 10.3. The van der Waals surface area contributed by atoms with Gasteiger partial charge in [0.05, 0.1) is 11.0 Å². The summed E-state index contributed by atoms with van der Waals surface area (Å²) in [7, 11) is 0. The second-order valence-electron chi connectivity index (χ2n) is 13.4. The lowest BCUT2D eigenvalue weighted by Crippen LogP contribution is -2.57. The smallest absolute Gasteiger partial charge is 0.190 e. The Morgan fingerprint density at radius 3 is 2.20 bits per heavy atom. The van der Waals surface area contributed by atoms with Crippen molar-refractivity contribution in [3.05, 3.63) is 92.1 Å². The van der Waals surface area contributed by atoms with Crippen molar-refractivity contribution in [1.29, 1.82) is 0 Å². The van der Waals surface area contributed by atoms with Gasteiger partial charge in [0, 0.05) is 27.7 Å². The number of hydrogen-bond donors (Lipinski definition) is 0. The van der Waals surface area contributed by atoms with Crippen molar-refractivity contribution in [3.63, 3.8) is 0 Å². The summed E-state index contributed by atoms with van der Waals surface area (Å²) in [5.41, 5.74) is 6.88. The SMILES string of the molecule is CC(=O)C1=C(C)CC2(C)CC3(C)Cc4c(C(C)C)cc(C#Cc5ccccc5)c(C)c4C(=O)C3=C(C)C2(C)C1=O. The predicted molar refractivity (Wildman–Crippen MR) is 160 cm³/mol. The van der Waals surface area contributed by atoms with Crippen molar-refractivity contribution >= 4 is 17.3 Å². The lowest BCUT2D eigenvalue weighted by atomic mass is 9.42. The fourth-order valence-electron chi connectivity index (χ4n) is 8.31. The first kappa shape index (κ1) is 28.0. The van der Waals surface area contributed by atoms with E-state index in [0.29, 0.717) is 12.0 Å². The van der Waals surface area contributed by atoms with Crippen LogP contribution < -0.4 is 0 Å². The fraction of sp³-hybridized carbons (Fsp3) is 0.432. The summed E-state index contributed by atoms with van der Waals surface area (Å²) in [5, 5.41) is 0. The summed E-state index contributed by atoms with van der Waals surface area (Å²) < 4.78 is 0. The summed E-state index contributed by atoms with van der Waals surface area (Å²) >= 11 is 0. The molecule has 2 aromatic rings. The molecule has 0 aliphatic heterocycles. The highest BCUT2D eigenvalue weighted by molar-refractivity contribution is 6.24. The Balaban J connectivity index is 1.75. The quantitative estimate of drug-likeness (QED) is 0.292. The van der Waals surface area contributed by atoms with Gasteiger partial charge in [0.1, 0.15) is 0 Å². The maximum Gasteiger partial charge on any atom is 0.190 e. The van der Waals surface area contributed by atoms with Crippen LogP contribution in [-0.2, 0) is 16.0 Å². The van der Waals surface area contributed by atoms with Gasteiger partial charge in [0.15, 0.2) is 17.3 Å². The van der Waals surface area contributed by atoms with E-state index in [1.165, 1.54) is 12.5 Å². The van der Waals surface area contributed by atoms with Gasteiger partial charge in [-0.2, -0.15) is 0 Å². The van der Waals surface area contributed by atoms with E-state index < -0.39 is 10.8 Å². The molecule has 0 bridgehead atoms. The second kappa shape index (κ2) is 9.27. The van der Waals surface area contributed by atoms with Crippen LogP contribution in [0, 0.1) is 35.0 Å². The number of benzene rings is 2. The number of allylic oxidation sites excluding steroid dienone is 4. The van der Waals surface area contributed by atoms with E-state index in [4.69, 9.17) is 0 Å². The number of hydrogen-bond acceptors (Lipinski definition) is 3. The molecule has 206 valence electrons. The van der Waals surface area contributed by atoms with Gasteiger partial charge in [-0.15, -0.1) is 0 Å². The fourth-order valence-corrected chi connectivity index (χ4v) is 8.31. The van der Waals surface area contributed by atoms with E-state index >= 15 is 0 Å². The maximum absolute atomic E-state index is 14.7. The van der Waals surface area contributed by atoms with Crippen LogP contribution in [0.4, 0.5) is 0 Å². The molecule has 0 spiro atoms. The molecule has 0 radical (unpaired) electrons. The third-order valence-electron chi connectivity index (χ3n) is 10.3. The van der Waals surface area contributed by atoms with Crippen molar-refractivity contribution in [1.82, 2.24) is 0 Å². The van der Waals surface area contributed by atoms with Crippen LogP contribution in [0.2, 0.25) is 0 Å². The summed E-state index contributed by atoms with van der Waals surface area (Å²) in [6.45, 7) is 18.1. The van der Waals surface area contributed by atoms with Crippen molar-refractivity contribution in [3.8, 4) is 11.8 Å². The predicted octanol–water partition coefficient (Wildman–Crippen LogP) is 7.87. The number of Topliss-reactive ketones (excluding diaryl/α,β-unsaturated/α-hetero) is 3. The molecular formula is C37H40O3. The highest BCUT2D eigenvalue weighted by Crippen LogP contribution is 2.66. The first-order valence-corrected chi connectivity index (χ1v) is 14.4. The molecule has 3 aliphatic carbocycles. The van der Waals surface area contributed by atoms with Crippen molar-refractivity contribution in [2.75, 3.05) is 0 Å². The highest BCUT2D eigenvalue weighted by atomic mass is 16.2. The van der Waals surface area contributed by atoms with Crippen molar-refractivity contribution in [2.24, 2.45) is 16.2 Å². The van der Waals surface area contributed by atoms with E-state index in [1.54, 1.807) is 0 Å². The number of carbonyl (C=O) groups excluding carboxylic acids is 3.